The molecule has 0 bridgehead atoms. The van der Waals surface area contributed by atoms with Crippen LogP contribution in [0.4, 0.5) is 0 Å². The van der Waals surface area contributed by atoms with Crippen LogP contribution in [0.1, 0.15) is 47.0 Å². The van der Waals surface area contributed by atoms with Gasteiger partial charge >= 0.3 is 0 Å². The van der Waals surface area contributed by atoms with Crippen LogP contribution in [0, 0.1) is 12.8 Å². The van der Waals surface area contributed by atoms with Gasteiger partial charge in [0.05, 0.1) is 11.7 Å². The number of carbonyl (C=O) groups is 1. The van der Waals surface area contributed by atoms with E-state index in [0.717, 1.165) is 44.6 Å². The summed E-state index contributed by atoms with van der Waals surface area (Å²) in [5.41, 5.74) is 3.54. The number of hydrogen-bond acceptors (Lipinski definition) is 4. The topological polar surface area (TPSA) is 45.2 Å². The van der Waals surface area contributed by atoms with Gasteiger partial charge in [0.2, 0.25) is 5.91 Å². The molecule has 3 aromatic rings. The molecule has 0 radical (unpaired) electrons. The molecule has 1 aromatic carbocycles. The fourth-order valence-corrected chi connectivity index (χ4v) is 5.37. The number of aryl methyl sites for hydroxylation is 2. The molecule has 4 nitrogen and oxygen atoms in total. The van der Waals surface area contributed by atoms with E-state index in [0.29, 0.717) is 12.3 Å². The molecule has 1 fully saturated rings. The van der Waals surface area contributed by atoms with Crippen molar-refractivity contribution in [1.82, 2.24) is 15.2 Å². The number of amides is 1. The summed E-state index contributed by atoms with van der Waals surface area (Å²) in [4.78, 5) is 21.5. The second-order valence-corrected chi connectivity index (χ2v) is 9.45. The van der Waals surface area contributed by atoms with Gasteiger partial charge in [0.1, 0.15) is 0 Å². The molecule has 0 saturated carbocycles. The van der Waals surface area contributed by atoms with Crippen LogP contribution < -0.4 is 5.32 Å². The Morgan fingerprint density at radius 3 is 2.77 bits per heavy atom. The number of aromatic nitrogens is 1. The van der Waals surface area contributed by atoms with E-state index in [4.69, 9.17) is 0 Å². The molecule has 5 heteroatoms. The van der Waals surface area contributed by atoms with Gasteiger partial charge in [-0.15, -0.1) is 11.3 Å². The van der Waals surface area contributed by atoms with E-state index in [1.54, 1.807) is 0 Å². The zero-order valence-corrected chi connectivity index (χ0v) is 19.0. The van der Waals surface area contributed by atoms with Crippen molar-refractivity contribution in [2.24, 2.45) is 5.92 Å². The number of nitrogens with zero attached hydrogens (tertiary/aromatic N) is 2. The van der Waals surface area contributed by atoms with Crippen molar-refractivity contribution in [1.29, 1.82) is 0 Å². The number of carbonyl (C=O) groups excluding carboxylic acids is 1. The lowest BCUT2D eigenvalue weighted by Crippen LogP contribution is -2.43. The number of thiophene rings is 1. The molecule has 1 N–H and O–H groups in total. The average Bonchev–Trinajstić information content (AvgIpc) is 3.21. The molecular weight excluding hydrogens is 402 g/mol. The number of hydrogen-bond donors (Lipinski definition) is 1. The molecule has 1 aliphatic rings. The summed E-state index contributed by atoms with van der Waals surface area (Å²) in [5.74, 6) is 0.468. The van der Waals surface area contributed by atoms with Gasteiger partial charge in [-0.1, -0.05) is 36.4 Å². The molecule has 2 atom stereocenters. The molecule has 1 aliphatic heterocycles. The summed E-state index contributed by atoms with van der Waals surface area (Å²) in [6.07, 6.45) is 5.35. The Bertz CT molecular complexity index is 957. The largest absolute Gasteiger partial charge is 0.347 e. The van der Waals surface area contributed by atoms with Crippen LogP contribution in [0.25, 0.3) is 0 Å². The number of likely N-dealkylation sites (tertiary alicyclic amines) is 1. The minimum Gasteiger partial charge on any atom is -0.347 e. The fraction of sp³-hybridized carbons (Fsp3) is 0.385. The first-order chi connectivity index (χ1) is 15.2. The van der Waals surface area contributed by atoms with Crippen LogP contribution in [0.15, 0.2) is 66.2 Å². The Hall–Kier alpha value is -2.50. The van der Waals surface area contributed by atoms with Gasteiger partial charge in [-0.2, -0.15) is 0 Å². The minimum atomic E-state index is -0.0447. The van der Waals surface area contributed by atoms with Crippen molar-refractivity contribution in [3.8, 4) is 0 Å². The Labute approximate surface area is 189 Å². The standard InChI is InChI=1S/C26H31N3OS/c1-20-14-17-31-24(20)19-29-16-7-10-22(18-29)26(23-11-5-6-15-27-23)28-25(30)13-12-21-8-3-2-4-9-21/h2-6,8-9,11,14-15,17,22,26H,7,10,12-13,16,18-19H2,1H3,(H,28,30)/t22-,26-/m0/s1. The van der Waals surface area contributed by atoms with E-state index in [9.17, 15) is 4.79 Å². The van der Waals surface area contributed by atoms with Gasteiger partial charge in [-0.25, -0.2) is 0 Å². The summed E-state index contributed by atoms with van der Waals surface area (Å²) in [7, 11) is 0. The normalized spacial score (nSPS) is 17.9. The van der Waals surface area contributed by atoms with Crippen LogP contribution >= 0.6 is 11.3 Å². The van der Waals surface area contributed by atoms with Gasteiger partial charge in [0, 0.05) is 30.6 Å². The Kier molecular flexibility index (Phi) is 7.49. The highest BCUT2D eigenvalue weighted by Crippen LogP contribution is 2.30. The van der Waals surface area contributed by atoms with E-state index in [2.05, 4.69) is 45.7 Å². The minimum absolute atomic E-state index is 0.0447. The first-order valence-corrected chi connectivity index (χ1v) is 12.1. The average molecular weight is 434 g/mol. The summed E-state index contributed by atoms with van der Waals surface area (Å²) in [5, 5.41) is 5.51. The first kappa shape index (κ1) is 21.7. The molecule has 31 heavy (non-hydrogen) atoms. The highest BCUT2D eigenvalue weighted by atomic mass is 32.1. The van der Waals surface area contributed by atoms with E-state index in [1.165, 1.54) is 16.0 Å². The third-order valence-electron chi connectivity index (χ3n) is 6.16. The SMILES string of the molecule is Cc1ccsc1CN1CCC[C@H]([C@H](NC(=O)CCc2ccccc2)c2ccccn2)C1. The highest BCUT2D eigenvalue weighted by Gasteiger charge is 2.30. The van der Waals surface area contributed by atoms with Crippen molar-refractivity contribution < 1.29 is 4.79 Å². The van der Waals surface area contributed by atoms with Gasteiger partial charge < -0.3 is 5.32 Å². The second-order valence-electron chi connectivity index (χ2n) is 8.45. The molecule has 162 valence electrons. The lowest BCUT2D eigenvalue weighted by Gasteiger charge is -2.37. The summed E-state index contributed by atoms with van der Waals surface area (Å²) in [6, 6.07) is 18.4. The molecule has 0 spiro atoms. The monoisotopic (exact) mass is 433 g/mol. The molecule has 0 unspecified atom stereocenters. The second kappa shape index (κ2) is 10.7. The number of piperidine rings is 1. The third-order valence-corrected chi connectivity index (χ3v) is 7.16. The van der Waals surface area contributed by atoms with Gasteiger partial charge in [-0.05, 0) is 73.4 Å². The fourth-order valence-electron chi connectivity index (χ4n) is 4.42. The van der Waals surface area contributed by atoms with Crippen LogP contribution in [0.3, 0.4) is 0 Å². The maximum atomic E-state index is 12.9. The van der Waals surface area contributed by atoms with Crippen molar-refractivity contribution in [3.63, 3.8) is 0 Å². The Morgan fingerprint density at radius 1 is 1.19 bits per heavy atom. The number of pyridine rings is 1. The molecule has 2 aromatic heterocycles. The number of nitrogens with one attached hydrogen (secondary N) is 1. The summed E-state index contributed by atoms with van der Waals surface area (Å²) in [6.45, 7) is 5.29. The van der Waals surface area contributed by atoms with Crippen molar-refractivity contribution in [3.05, 3.63) is 87.9 Å². The summed E-state index contributed by atoms with van der Waals surface area (Å²) < 4.78 is 0. The number of benzene rings is 1. The van der Waals surface area contributed by atoms with Crippen molar-refractivity contribution >= 4 is 17.2 Å². The smallest absolute Gasteiger partial charge is 0.220 e. The quantitative estimate of drug-likeness (QED) is 0.534. The van der Waals surface area contributed by atoms with Crippen molar-refractivity contribution in [2.75, 3.05) is 13.1 Å². The van der Waals surface area contributed by atoms with Gasteiger partial charge in [0.25, 0.3) is 0 Å². The van der Waals surface area contributed by atoms with E-state index >= 15 is 0 Å². The highest BCUT2D eigenvalue weighted by molar-refractivity contribution is 7.10. The molecule has 3 heterocycles. The molecule has 4 rings (SSSR count). The van der Waals surface area contributed by atoms with E-state index in [-0.39, 0.29) is 11.9 Å². The van der Waals surface area contributed by atoms with Crippen LogP contribution in [0.2, 0.25) is 0 Å². The Balaban J connectivity index is 1.43. The van der Waals surface area contributed by atoms with Crippen LogP contribution in [-0.4, -0.2) is 28.9 Å². The van der Waals surface area contributed by atoms with Crippen molar-refractivity contribution in [2.45, 2.75) is 45.2 Å². The van der Waals surface area contributed by atoms with E-state index in [1.807, 2.05) is 53.9 Å². The predicted octanol–water partition coefficient (Wildman–Crippen LogP) is 5.15. The van der Waals surface area contributed by atoms with Crippen LogP contribution in [0.5, 0.6) is 0 Å². The zero-order valence-electron chi connectivity index (χ0n) is 18.2. The van der Waals surface area contributed by atoms with E-state index < -0.39 is 0 Å². The lowest BCUT2D eigenvalue weighted by atomic mass is 9.88. The van der Waals surface area contributed by atoms with Crippen LogP contribution in [-0.2, 0) is 17.8 Å². The molecule has 1 saturated heterocycles. The first-order valence-electron chi connectivity index (χ1n) is 11.2. The molecular formula is C26H31N3OS. The number of rotatable bonds is 8. The maximum absolute atomic E-state index is 12.9. The Morgan fingerprint density at radius 2 is 2.03 bits per heavy atom. The molecule has 0 aliphatic carbocycles. The maximum Gasteiger partial charge on any atom is 0.220 e. The van der Waals surface area contributed by atoms with Gasteiger partial charge in [0.15, 0.2) is 0 Å². The zero-order chi connectivity index (χ0) is 21.5. The van der Waals surface area contributed by atoms with Gasteiger partial charge in [-0.3, -0.25) is 14.7 Å². The predicted molar refractivity (Wildman–Crippen MR) is 127 cm³/mol. The third kappa shape index (κ3) is 6.02. The molecule has 1 amide bonds. The summed E-state index contributed by atoms with van der Waals surface area (Å²) >= 11 is 1.84. The lowest BCUT2D eigenvalue weighted by molar-refractivity contribution is -0.122.